The van der Waals surface area contributed by atoms with Crippen molar-refractivity contribution in [2.45, 2.75) is 118 Å². The van der Waals surface area contributed by atoms with Crippen LogP contribution in [0.25, 0.3) is 0 Å². The number of allylic oxidation sites excluding steroid dienone is 1. The van der Waals surface area contributed by atoms with Crippen LogP contribution >= 0.6 is 0 Å². The van der Waals surface area contributed by atoms with Crippen LogP contribution in [0, 0.1) is 52.2 Å². The third-order valence-electron chi connectivity index (χ3n) is 11.1. The molecular formula is C29H50O. The van der Waals surface area contributed by atoms with Gasteiger partial charge in [-0.1, -0.05) is 66.0 Å². The van der Waals surface area contributed by atoms with Crippen LogP contribution in [0.5, 0.6) is 0 Å². The SMILES string of the molecule is [2H]C(C)(C)[C@H](CC)CC[C@@H](C)[C@H]1CC[C@H]2[C@@H]3CCC4=C[C@@H](O)CC[C@]4(C)[C@H]3CC[C@]12C. The number of hydrogen-bond donors (Lipinski definition) is 1. The van der Waals surface area contributed by atoms with Gasteiger partial charge in [-0.05, 0) is 110 Å². The Morgan fingerprint density at radius 1 is 1.03 bits per heavy atom. The lowest BCUT2D eigenvalue weighted by Crippen LogP contribution is -2.51. The lowest BCUT2D eigenvalue weighted by atomic mass is 9.46. The fourth-order valence-electron chi connectivity index (χ4n) is 9.25. The van der Waals surface area contributed by atoms with Gasteiger partial charge in [0.1, 0.15) is 0 Å². The van der Waals surface area contributed by atoms with Crippen LogP contribution in [-0.2, 0) is 0 Å². The molecule has 0 aromatic rings. The molecular weight excluding hydrogens is 364 g/mol. The molecule has 1 N–H and O–H groups in total. The number of aliphatic hydroxyl groups is 1. The van der Waals surface area contributed by atoms with Crippen LogP contribution in [0.1, 0.15) is 114 Å². The molecule has 1 heteroatoms. The van der Waals surface area contributed by atoms with Gasteiger partial charge in [0.2, 0.25) is 0 Å². The molecule has 0 amide bonds. The molecule has 4 aliphatic rings. The summed E-state index contributed by atoms with van der Waals surface area (Å²) in [5, 5.41) is 10.2. The molecule has 0 radical (unpaired) electrons. The highest BCUT2D eigenvalue weighted by atomic mass is 16.3. The van der Waals surface area contributed by atoms with Gasteiger partial charge < -0.3 is 5.11 Å². The minimum absolute atomic E-state index is 0.189. The highest BCUT2D eigenvalue weighted by Crippen LogP contribution is 2.67. The summed E-state index contributed by atoms with van der Waals surface area (Å²) in [4.78, 5) is 0. The Morgan fingerprint density at radius 3 is 2.50 bits per heavy atom. The first-order valence-corrected chi connectivity index (χ1v) is 13.4. The van der Waals surface area contributed by atoms with Crippen molar-refractivity contribution in [3.8, 4) is 0 Å². The maximum Gasteiger partial charge on any atom is 0.0724 e. The molecule has 30 heavy (non-hydrogen) atoms. The summed E-state index contributed by atoms with van der Waals surface area (Å²) in [6, 6.07) is 0. The number of fused-ring (bicyclic) bond motifs is 5. The van der Waals surface area contributed by atoms with Crippen molar-refractivity contribution in [3.63, 3.8) is 0 Å². The van der Waals surface area contributed by atoms with Crippen LogP contribution in [0.15, 0.2) is 11.6 Å². The molecule has 0 unspecified atom stereocenters. The summed E-state index contributed by atoms with van der Waals surface area (Å²) < 4.78 is 8.51. The first-order chi connectivity index (χ1) is 14.5. The average Bonchev–Trinajstić information content (AvgIpc) is 3.05. The molecule has 3 fully saturated rings. The van der Waals surface area contributed by atoms with E-state index in [4.69, 9.17) is 1.37 Å². The Kier molecular flexibility index (Phi) is 6.15. The minimum Gasteiger partial charge on any atom is -0.389 e. The minimum atomic E-state index is -0.301. The van der Waals surface area contributed by atoms with Crippen LogP contribution < -0.4 is 0 Å². The second-order valence-electron chi connectivity index (χ2n) is 12.6. The fraction of sp³-hybridized carbons (Fsp3) is 0.931. The lowest BCUT2D eigenvalue weighted by Gasteiger charge is -2.59. The van der Waals surface area contributed by atoms with Crippen LogP contribution in [0.3, 0.4) is 0 Å². The van der Waals surface area contributed by atoms with Gasteiger partial charge in [-0.25, -0.2) is 0 Å². The summed E-state index contributed by atoms with van der Waals surface area (Å²) in [6.07, 6.45) is 16.2. The first kappa shape index (κ1) is 21.5. The molecule has 0 saturated heterocycles. The third-order valence-corrected chi connectivity index (χ3v) is 11.1. The van der Waals surface area contributed by atoms with E-state index in [0.717, 1.165) is 42.4 Å². The summed E-state index contributed by atoms with van der Waals surface area (Å²) in [5.41, 5.74) is 2.49. The van der Waals surface area contributed by atoms with Gasteiger partial charge >= 0.3 is 0 Å². The first-order valence-electron chi connectivity index (χ1n) is 13.9. The zero-order chi connectivity index (χ0) is 22.6. The van der Waals surface area contributed by atoms with E-state index in [1.54, 1.807) is 5.57 Å². The normalized spacial score (nSPS) is 46.2. The van der Waals surface area contributed by atoms with Gasteiger partial charge in [0.15, 0.2) is 0 Å². The summed E-state index contributed by atoms with van der Waals surface area (Å²) in [7, 11) is 0. The second kappa shape index (κ2) is 8.57. The van der Waals surface area contributed by atoms with Crippen LogP contribution in [-0.4, -0.2) is 11.2 Å². The Balaban J connectivity index is 1.46. The molecule has 4 rings (SSSR count). The Morgan fingerprint density at radius 2 is 1.80 bits per heavy atom. The Hall–Kier alpha value is -0.300. The van der Waals surface area contributed by atoms with E-state index in [0.29, 0.717) is 16.7 Å². The molecule has 0 spiro atoms. The predicted molar refractivity (Wildman–Crippen MR) is 128 cm³/mol. The zero-order valence-electron chi connectivity index (χ0n) is 21.8. The maximum absolute atomic E-state index is 10.2. The Labute approximate surface area is 188 Å². The molecule has 4 aliphatic carbocycles. The Bertz CT molecular complexity index is 677. The van der Waals surface area contributed by atoms with Gasteiger partial charge in [-0.15, -0.1) is 0 Å². The van der Waals surface area contributed by atoms with E-state index in [2.05, 4.69) is 47.6 Å². The molecule has 0 bridgehead atoms. The second-order valence-corrected chi connectivity index (χ2v) is 12.6. The molecule has 9 atom stereocenters. The smallest absolute Gasteiger partial charge is 0.0724 e. The maximum atomic E-state index is 10.2. The van der Waals surface area contributed by atoms with E-state index in [1.165, 1.54) is 57.8 Å². The molecule has 0 aromatic carbocycles. The van der Waals surface area contributed by atoms with E-state index < -0.39 is 0 Å². The number of hydrogen-bond acceptors (Lipinski definition) is 1. The quantitative estimate of drug-likeness (QED) is 0.435. The topological polar surface area (TPSA) is 20.2 Å². The van der Waals surface area contributed by atoms with Crippen molar-refractivity contribution in [1.82, 2.24) is 0 Å². The van der Waals surface area contributed by atoms with Gasteiger partial charge in [-0.2, -0.15) is 0 Å². The molecule has 172 valence electrons. The van der Waals surface area contributed by atoms with Crippen molar-refractivity contribution < 1.29 is 6.48 Å². The lowest BCUT2D eigenvalue weighted by molar-refractivity contribution is -0.0629. The third kappa shape index (κ3) is 3.74. The highest BCUT2D eigenvalue weighted by molar-refractivity contribution is 5.25. The standard InChI is InChI=1S/C29H50O/c1-7-21(19(2)3)9-8-20(4)25-12-13-26-24-11-10-22-18-23(30)14-16-28(22,5)27(24)15-17-29(25,26)6/h18-21,23-27,30H,7-17H2,1-6H3/t20-,21-,23+,24+,25-,26+,27+,28+,29-/m1/s1/i19D. The number of aliphatic hydroxyl groups excluding tert-OH is 1. The summed E-state index contributed by atoms with van der Waals surface area (Å²) in [5.74, 6) is 4.57. The average molecular weight is 416 g/mol. The molecule has 0 aromatic heterocycles. The fourth-order valence-corrected chi connectivity index (χ4v) is 9.25. The molecule has 3 saturated carbocycles. The van der Waals surface area contributed by atoms with Gasteiger partial charge in [0.25, 0.3) is 0 Å². The van der Waals surface area contributed by atoms with Crippen LogP contribution in [0.2, 0.25) is 0 Å². The van der Waals surface area contributed by atoms with Gasteiger partial charge in [-0.3, -0.25) is 0 Å². The zero-order valence-corrected chi connectivity index (χ0v) is 20.8. The van der Waals surface area contributed by atoms with E-state index >= 15 is 0 Å². The van der Waals surface area contributed by atoms with Gasteiger partial charge in [0.05, 0.1) is 6.10 Å². The molecule has 1 nitrogen and oxygen atoms in total. The van der Waals surface area contributed by atoms with Gasteiger partial charge in [0, 0.05) is 1.37 Å². The van der Waals surface area contributed by atoms with Crippen molar-refractivity contribution in [2.24, 2.45) is 52.2 Å². The van der Waals surface area contributed by atoms with E-state index in [-0.39, 0.29) is 12.0 Å². The van der Waals surface area contributed by atoms with E-state index in [9.17, 15) is 5.11 Å². The summed E-state index contributed by atoms with van der Waals surface area (Å²) >= 11 is 0. The summed E-state index contributed by atoms with van der Waals surface area (Å²) in [6.45, 7) is 14.3. The van der Waals surface area contributed by atoms with E-state index in [1.807, 2.05) is 0 Å². The predicted octanol–water partition coefficient (Wildman–Crippen LogP) is 8.02. The number of rotatable bonds is 6. The highest BCUT2D eigenvalue weighted by Gasteiger charge is 2.59. The monoisotopic (exact) mass is 415 g/mol. The van der Waals surface area contributed by atoms with Crippen molar-refractivity contribution in [3.05, 3.63) is 11.6 Å². The van der Waals surface area contributed by atoms with Crippen LogP contribution in [0.4, 0.5) is 0 Å². The molecule has 0 aliphatic heterocycles. The largest absolute Gasteiger partial charge is 0.389 e. The van der Waals surface area contributed by atoms with Crippen molar-refractivity contribution in [2.75, 3.05) is 0 Å². The van der Waals surface area contributed by atoms with Crippen molar-refractivity contribution >= 4 is 0 Å². The molecule has 0 heterocycles. The van der Waals surface area contributed by atoms with Crippen molar-refractivity contribution in [1.29, 1.82) is 0 Å².